The highest BCUT2D eigenvalue weighted by Crippen LogP contribution is 2.37. The highest BCUT2D eigenvalue weighted by atomic mass is 28.4. The molecule has 0 spiro atoms. The Hall–Kier alpha value is -1.74. The van der Waals surface area contributed by atoms with Gasteiger partial charge in [-0.3, -0.25) is 0 Å². The lowest BCUT2D eigenvalue weighted by Gasteiger charge is -2.36. The normalized spacial score (nSPS) is 13.3. The first-order valence-corrected chi connectivity index (χ1v) is 11.0. The van der Waals surface area contributed by atoms with Crippen LogP contribution in [0.25, 0.3) is 11.5 Å². The fraction of sp³-hybridized carbons (Fsp3) is 0.529. The Bertz CT molecular complexity index is 794. The molecular formula is C17H23F4N3OSi. The Labute approximate surface area is 151 Å². The summed E-state index contributed by atoms with van der Waals surface area (Å²) in [6.45, 7) is 10.4. The van der Waals surface area contributed by atoms with Crippen LogP contribution in [0.3, 0.4) is 0 Å². The Balaban J connectivity index is 2.24. The van der Waals surface area contributed by atoms with Crippen LogP contribution in [-0.4, -0.2) is 22.9 Å². The molecule has 26 heavy (non-hydrogen) atoms. The summed E-state index contributed by atoms with van der Waals surface area (Å²) in [6.07, 6.45) is -3.71. The molecule has 0 saturated carbocycles. The van der Waals surface area contributed by atoms with E-state index in [1.54, 1.807) is 0 Å². The van der Waals surface area contributed by atoms with Crippen LogP contribution >= 0.6 is 0 Å². The van der Waals surface area contributed by atoms with Crippen LogP contribution in [0.4, 0.5) is 17.6 Å². The summed E-state index contributed by atoms with van der Waals surface area (Å²) >= 11 is 0. The maximum atomic E-state index is 14.3. The van der Waals surface area contributed by atoms with Gasteiger partial charge < -0.3 is 8.99 Å². The van der Waals surface area contributed by atoms with Gasteiger partial charge in [0.25, 0.3) is 0 Å². The van der Waals surface area contributed by atoms with E-state index in [9.17, 15) is 17.6 Å². The Morgan fingerprint density at radius 1 is 1.12 bits per heavy atom. The van der Waals surface area contributed by atoms with E-state index in [4.69, 9.17) is 4.43 Å². The molecule has 0 aliphatic rings. The van der Waals surface area contributed by atoms with Crippen molar-refractivity contribution >= 4 is 8.32 Å². The average Bonchev–Trinajstić information content (AvgIpc) is 2.87. The molecule has 144 valence electrons. The third-order valence-electron chi connectivity index (χ3n) is 4.72. The first-order valence-electron chi connectivity index (χ1n) is 8.13. The number of pyridine rings is 1. The van der Waals surface area contributed by atoms with Gasteiger partial charge in [-0.1, -0.05) is 20.8 Å². The van der Waals surface area contributed by atoms with Gasteiger partial charge in [-0.25, -0.2) is 9.97 Å². The smallest absolute Gasteiger partial charge is 0.412 e. The fourth-order valence-corrected chi connectivity index (χ4v) is 2.96. The van der Waals surface area contributed by atoms with Crippen LogP contribution in [-0.2, 0) is 24.3 Å². The lowest BCUT2D eigenvalue weighted by molar-refractivity contribution is -0.140. The maximum absolute atomic E-state index is 14.3. The lowest BCUT2D eigenvalue weighted by atomic mass is 10.2. The summed E-state index contributed by atoms with van der Waals surface area (Å²) in [5.41, 5.74) is -0.733. The Kier molecular flexibility index (Phi) is 5.35. The van der Waals surface area contributed by atoms with E-state index in [1.807, 2.05) is 0 Å². The second-order valence-electron chi connectivity index (χ2n) is 7.75. The molecule has 9 heteroatoms. The van der Waals surface area contributed by atoms with E-state index in [2.05, 4.69) is 43.8 Å². The minimum atomic E-state index is -4.56. The van der Waals surface area contributed by atoms with Crippen molar-refractivity contribution in [3.05, 3.63) is 35.5 Å². The molecule has 0 radical (unpaired) electrons. The number of hydrogen-bond acceptors (Lipinski definition) is 3. The summed E-state index contributed by atoms with van der Waals surface area (Å²) in [6, 6.07) is 2.93. The van der Waals surface area contributed by atoms with Crippen molar-refractivity contribution in [2.24, 2.45) is 7.05 Å². The highest BCUT2D eigenvalue weighted by Gasteiger charge is 2.37. The Morgan fingerprint density at radius 3 is 2.19 bits per heavy atom. The molecular weight excluding hydrogens is 366 g/mol. The number of hydrogen-bond donors (Lipinski definition) is 0. The summed E-state index contributed by atoms with van der Waals surface area (Å²) in [5, 5.41) is -0.0161. The molecule has 0 atom stereocenters. The number of aryl methyl sites for hydroxylation is 1. The van der Waals surface area contributed by atoms with Gasteiger partial charge in [0, 0.05) is 18.8 Å². The number of imidazole rings is 1. The van der Waals surface area contributed by atoms with E-state index in [0.717, 1.165) is 6.20 Å². The molecule has 2 heterocycles. The summed E-state index contributed by atoms with van der Waals surface area (Å²) in [4.78, 5) is 7.30. The van der Waals surface area contributed by atoms with Gasteiger partial charge in [-0.05, 0) is 30.3 Å². The van der Waals surface area contributed by atoms with Crippen LogP contribution in [0.1, 0.15) is 32.0 Å². The summed E-state index contributed by atoms with van der Waals surface area (Å²) < 4.78 is 59.8. The average molecular weight is 389 g/mol. The van der Waals surface area contributed by atoms with Crippen molar-refractivity contribution in [1.82, 2.24) is 14.5 Å². The maximum Gasteiger partial charge on any atom is 0.434 e. The molecule has 2 aromatic rings. The zero-order chi connectivity index (χ0) is 19.9. The molecule has 0 aromatic carbocycles. The molecule has 0 aliphatic heterocycles. The zero-order valence-corrected chi connectivity index (χ0v) is 16.7. The lowest BCUT2D eigenvalue weighted by Crippen LogP contribution is -2.40. The standard InChI is InChI=1S/C17H23F4N3OSi/c1-16(2,3)26(5,6)25-10-11-7-8-12(22-14(11)18)15-23-13(9-24(15)4)17(19,20)21/h7-9H,10H2,1-6H3. The van der Waals surface area contributed by atoms with Crippen molar-refractivity contribution in [1.29, 1.82) is 0 Å². The van der Waals surface area contributed by atoms with Gasteiger partial charge in [0.05, 0.1) is 6.61 Å². The molecule has 0 N–H and O–H groups in total. The molecule has 0 aliphatic carbocycles. The molecule has 0 unspecified atom stereocenters. The Morgan fingerprint density at radius 2 is 1.73 bits per heavy atom. The topological polar surface area (TPSA) is 39.9 Å². The molecule has 2 aromatic heterocycles. The van der Waals surface area contributed by atoms with E-state index >= 15 is 0 Å². The van der Waals surface area contributed by atoms with Crippen LogP contribution < -0.4 is 0 Å². The summed E-state index contributed by atoms with van der Waals surface area (Å²) in [5.74, 6) is -0.814. The molecule has 0 saturated heterocycles. The van der Waals surface area contributed by atoms with Crippen LogP contribution in [0, 0.1) is 5.95 Å². The fourth-order valence-electron chi connectivity index (χ4n) is 2.01. The number of aromatic nitrogens is 3. The van der Waals surface area contributed by atoms with Crippen molar-refractivity contribution in [2.45, 2.75) is 51.7 Å². The SMILES string of the molecule is Cn1cc(C(F)(F)F)nc1-c1ccc(CO[Si](C)(C)C(C)(C)C)c(F)n1. The number of nitrogens with zero attached hydrogens (tertiary/aromatic N) is 3. The van der Waals surface area contributed by atoms with Crippen molar-refractivity contribution < 1.29 is 22.0 Å². The van der Waals surface area contributed by atoms with E-state index in [1.165, 1.54) is 23.7 Å². The van der Waals surface area contributed by atoms with Crippen LogP contribution in [0.15, 0.2) is 18.3 Å². The van der Waals surface area contributed by atoms with Crippen LogP contribution in [0.2, 0.25) is 18.1 Å². The number of rotatable bonds is 4. The van der Waals surface area contributed by atoms with Crippen molar-refractivity contribution in [3.63, 3.8) is 0 Å². The van der Waals surface area contributed by atoms with E-state index in [-0.39, 0.29) is 28.7 Å². The van der Waals surface area contributed by atoms with Gasteiger partial charge in [-0.2, -0.15) is 17.6 Å². The van der Waals surface area contributed by atoms with Gasteiger partial charge in [0.15, 0.2) is 19.8 Å². The van der Waals surface area contributed by atoms with Gasteiger partial charge >= 0.3 is 6.18 Å². The van der Waals surface area contributed by atoms with E-state index < -0.39 is 26.1 Å². The highest BCUT2D eigenvalue weighted by molar-refractivity contribution is 6.74. The first kappa shape index (κ1) is 20.6. The molecule has 0 amide bonds. The minimum absolute atomic E-state index is 0.0161. The monoisotopic (exact) mass is 389 g/mol. The minimum Gasteiger partial charge on any atom is -0.412 e. The number of alkyl halides is 3. The zero-order valence-electron chi connectivity index (χ0n) is 15.7. The predicted octanol–water partition coefficient (Wildman–Crippen LogP) is 5.16. The molecule has 2 rings (SSSR count). The van der Waals surface area contributed by atoms with Crippen molar-refractivity contribution in [3.8, 4) is 11.5 Å². The van der Waals surface area contributed by atoms with Gasteiger partial charge in [-0.15, -0.1) is 0 Å². The molecule has 0 bridgehead atoms. The predicted molar refractivity (Wildman–Crippen MR) is 93.4 cm³/mol. The van der Waals surface area contributed by atoms with Gasteiger partial charge in [0.2, 0.25) is 5.95 Å². The van der Waals surface area contributed by atoms with Crippen molar-refractivity contribution in [2.75, 3.05) is 0 Å². The second-order valence-corrected chi connectivity index (χ2v) is 12.6. The third-order valence-corrected chi connectivity index (χ3v) is 9.19. The third kappa shape index (κ3) is 4.32. The number of halogens is 4. The summed E-state index contributed by atoms with van der Waals surface area (Å²) in [7, 11) is -0.642. The van der Waals surface area contributed by atoms with Crippen LogP contribution in [0.5, 0.6) is 0 Å². The van der Waals surface area contributed by atoms with E-state index in [0.29, 0.717) is 0 Å². The second kappa shape index (κ2) is 6.77. The van der Waals surface area contributed by atoms with Gasteiger partial charge in [0.1, 0.15) is 5.69 Å². The first-order chi connectivity index (χ1) is 11.7. The molecule has 4 nitrogen and oxygen atoms in total. The largest absolute Gasteiger partial charge is 0.434 e. The molecule has 0 fully saturated rings. The quantitative estimate of drug-likeness (QED) is 0.412.